The van der Waals surface area contributed by atoms with Gasteiger partial charge in [-0.1, -0.05) is 22.9 Å². The first-order valence-corrected chi connectivity index (χ1v) is 11.0. The number of hydrogen-bond acceptors (Lipinski definition) is 8. The molecule has 4 aromatic rings. The van der Waals surface area contributed by atoms with Gasteiger partial charge in [0.1, 0.15) is 0 Å². The number of halogens is 1. The monoisotopic (exact) mass is 471 g/mol. The molecule has 2 aromatic carbocycles. The standard InChI is InChI=1S/C20H14ClN5O3S2/c1-11-17(16-10-30-19(24-16)23-14-6-4-13(21)5-7-14)31-20(22-11)25-18(27)12-2-8-15(9-3-12)26(28)29/h2-10H,1H3,(H,23,24)(H,22,25,27). The van der Waals surface area contributed by atoms with Crippen LogP contribution in [-0.4, -0.2) is 20.8 Å². The number of carbonyl (C=O) groups is 1. The zero-order valence-electron chi connectivity index (χ0n) is 16.0. The Morgan fingerprint density at radius 2 is 1.77 bits per heavy atom. The van der Waals surface area contributed by atoms with E-state index in [1.54, 1.807) is 12.1 Å². The molecule has 2 heterocycles. The highest BCUT2D eigenvalue weighted by Crippen LogP contribution is 2.35. The lowest BCUT2D eigenvalue weighted by Crippen LogP contribution is -2.11. The van der Waals surface area contributed by atoms with Crippen LogP contribution in [0.1, 0.15) is 16.1 Å². The first-order valence-electron chi connectivity index (χ1n) is 8.91. The van der Waals surface area contributed by atoms with E-state index in [1.807, 2.05) is 24.4 Å². The van der Waals surface area contributed by atoms with Gasteiger partial charge in [0.25, 0.3) is 11.6 Å². The second kappa shape index (κ2) is 8.80. The Morgan fingerprint density at radius 3 is 2.45 bits per heavy atom. The summed E-state index contributed by atoms with van der Waals surface area (Å²) in [4.78, 5) is 32.5. The van der Waals surface area contributed by atoms with E-state index < -0.39 is 10.8 Å². The first-order chi connectivity index (χ1) is 14.9. The topological polar surface area (TPSA) is 110 Å². The van der Waals surface area contributed by atoms with Crippen molar-refractivity contribution in [3.8, 4) is 10.6 Å². The molecule has 0 aliphatic heterocycles. The molecule has 4 rings (SSSR count). The van der Waals surface area contributed by atoms with Crippen LogP contribution >= 0.6 is 34.3 Å². The zero-order valence-corrected chi connectivity index (χ0v) is 18.3. The second-order valence-corrected chi connectivity index (χ2v) is 8.66. The number of nitrogens with zero attached hydrogens (tertiary/aromatic N) is 3. The van der Waals surface area contributed by atoms with E-state index in [0.29, 0.717) is 15.7 Å². The number of benzene rings is 2. The molecular formula is C20H14ClN5O3S2. The summed E-state index contributed by atoms with van der Waals surface area (Å²) in [6.45, 7) is 1.85. The summed E-state index contributed by atoms with van der Waals surface area (Å²) in [6.07, 6.45) is 0. The molecule has 0 saturated carbocycles. The Morgan fingerprint density at radius 1 is 1.06 bits per heavy atom. The molecule has 2 N–H and O–H groups in total. The predicted molar refractivity (Wildman–Crippen MR) is 124 cm³/mol. The van der Waals surface area contributed by atoms with Crippen LogP contribution in [-0.2, 0) is 0 Å². The maximum Gasteiger partial charge on any atom is 0.269 e. The van der Waals surface area contributed by atoms with Gasteiger partial charge in [-0.2, -0.15) is 0 Å². The van der Waals surface area contributed by atoms with Crippen molar-refractivity contribution in [1.29, 1.82) is 0 Å². The molecule has 0 atom stereocenters. The highest BCUT2D eigenvalue weighted by molar-refractivity contribution is 7.20. The quantitative estimate of drug-likeness (QED) is 0.258. The van der Waals surface area contributed by atoms with Crippen LogP contribution in [0.5, 0.6) is 0 Å². The minimum Gasteiger partial charge on any atom is -0.332 e. The smallest absolute Gasteiger partial charge is 0.269 e. The van der Waals surface area contributed by atoms with Gasteiger partial charge in [0, 0.05) is 33.8 Å². The molecular weight excluding hydrogens is 458 g/mol. The lowest BCUT2D eigenvalue weighted by Gasteiger charge is -2.01. The average Bonchev–Trinajstić information content (AvgIpc) is 3.35. The molecule has 0 fully saturated rings. The molecule has 0 saturated heterocycles. The van der Waals surface area contributed by atoms with Crippen LogP contribution in [0, 0.1) is 17.0 Å². The van der Waals surface area contributed by atoms with Crippen LogP contribution in [0.2, 0.25) is 5.02 Å². The van der Waals surface area contributed by atoms with E-state index in [-0.39, 0.29) is 5.69 Å². The number of carbonyl (C=O) groups excluding carboxylic acids is 1. The molecule has 2 aromatic heterocycles. The SMILES string of the molecule is Cc1nc(NC(=O)c2ccc([N+](=O)[O-])cc2)sc1-c1csc(Nc2ccc(Cl)cc2)n1. The lowest BCUT2D eigenvalue weighted by atomic mass is 10.2. The van der Waals surface area contributed by atoms with Crippen LogP contribution < -0.4 is 10.6 Å². The van der Waals surface area contributed by atoms with Crippen molar-refractivity contribution in [3.05, 3.63) is 80.3 Å². The molecule has 8 nitrogen and oxygen atoms in total. The van der Waals surface area contributed by atoms with E-state index in [2.05, 4.69) is 20.6 Å². The molecule has 0 aliphatic rings. The van der Waals surface area contributed by atoms with E-state index in [9.17, 15) is 14.9 Å². The van der Waals surface area contributed by atoms with Gasteiger partial charge in [0.2, 0.25) is 0 Å². The van der Waals surface area contributed by atoms with Crippen LogP contribution in [0.3, 0.4) is 0 Å². The van der Waals surface area contributed by atoms with Gasteiger partial charge in [-0.05, 0) is 43.3 Å². The molecule has 0 bridgehead atoms. The Labute approximate surface area is 189 Å². The number of rotatable bonds is 6. The number of hydrogen-bond donors (Lipinski definition) is 2. The van der Waals surface area contributed by atoms with Crippen molar-refractivity contribution in [3.63, 3.8) is 0 Å². The summed E-state index contributed by atoms with van der Waals surface area (Å²) in [6, 6.07) is 12.7. The third-order valence-electron chi connectivity index (χ3n) is 4.19. The fourth-order valence-electron chi connectivity index (χ4n) is 2.68. The number of nitro benzene ring substituents is 1. The predicted octanol–water partition coefficient (Wildman–Crippen LogP) is 6.13. The van der Waals surface area contributed by atoms with Gasteiger partial charge in [-0.25, -0.2) is 9.97 Å². The number of aromatic nitrogens is 2. The average molecular weight is 472 g/mol. The fraction of sp³-hybridized carbons (Fsp3) is 0.0500. The molecule has 31 heavy (non-hydrogen) atoms. The maximum absolute atomic E-state index is 12.4. The van der Waals surface area contributed by atoms with E-state index in [0.717, 1.165) is 27.1 Å². The van der Waals surface area contributed by atoms with Crippen molar-refractivity contribution in [2.24, 2.45) is 0 Å². The van der Waals surface area contributed by atoms with Gasteiger partial charge in [0.05, 0.1) is 21.2 Å². The summed E-state index contributed by atoms with van der Waals surface area (Å²) < 4.78 is 0. The second-order valence-electron chi connectivity index (χ2n) is 6.36. The van der Waals surface area contributed by atoms with Gasteiger partial charge in [0.15, 0.2) is 10.3 Å². The number of amides is 1. The Balaban J connectivity index is 1.47. The lowest BCUT2D eigenvalue weighted by molar-refractivity contribution is -0.384. The minimum absolute atomic E-state index is 0.0736. The van der Waals surface area contributed by atoms with Crippen molar-refractivity contribution in [2.45, 2.75) is 6.92 Å². The summed E-state index contributed by atoms with van der Waals surface area (Å²) in [5.74, 6) is -0.390. The van der Waals surface area contributed by atoms with Crippen molar-refractivity contribution in [1.82, 2.24) is 9.97 Å². The first kappa shape index (κ1) is 20.9. The van der Waals surface area contributed by atoms with Crippen LogP contribution in [0.25, 0.3) is 10.6 Å². The van der Waals surface area contributed by atoms with Gasteiger partial charge < -0.3 is 5.32 Å². The summed E-state index contributed by atoms with van der Waals surface area (Å²) in [5.41, 5.74) is 2.61. The number of non-ortho nitro benzene ring substituents is 1. The maximum atomic E-state index is 12.4. The van der Waals surface area contributed by atoms with Gasteiger partial charge in [-0.15, -0.1) is 11.3 Å². The number of thiazole rings is 2. The van der Waals surface area contributed by atoms with Crippen molar-refractivity contribution >= 4 is 61.8 Å². The zero-order chi connectivity index (χ0) is 22.0. The Hall–Kier alpha value is -3.34. The van der Waals surface area contributed by atoms with Crippen molar-refractivity contribution < 1.29 is 9.72 Å². The van der Waals surface area contributed by atoms with Gasteiger partial charge >= 0.3 is 0 Å². The van der Waals surface area contributed by atoms with E-state index >= 15 is 0 Å². The number of nitro groups is 1. The van der Waals surface area contributed by atoms with E-state index in [4.69, 9.17) is 11.6 Å². The Kier molecular flexibility index (Phi) is 5.94. The summed E-state index contributed by atoms with van der Waals surface area (Å²) >= 11 is 8.68. The van der Waals surface area contributed by atoms with E-state index in [1.165, 1.54) is 46.9 Å². The summed E-state index contributed by atoms with van der Waals surface area (Å²) in [7, 11) is 0. The Bertz CT molecular complexity index is 1250. The number of aryl methyl sites for hydroxylation is 1. The number of anilines is 3. The molecule has 0 unspecified atom stereocenters. The largest absolute Gasteiger partial charge is 0.332 e. The third kappa shape index (κ3) is 4.88. The van der Waals surface area contributed by atoms with Crippen LogP contribution in [0.15, 0.2) is 53.9 Å². The highest BCUT2D eigenvalue weighted by atomic mass is 35.5. The summed E-state index contributed by atoms with van der Waals surface area (Å²) in [5, 5.41) is 20.4. The molecule has 1 amide bonds. The molecule has 0 aliphatic carbocycles. The molecule has 156 valence electrons. The molecule has 0 radical (unpaired) electrons. The van der Waals surface area contributed by atoms with Gasteiger partial charge in [-0.3, -0.25) is 20.2 Å². The highest BCUT2D eigenvalue weighted by Gasteiger charge is 2.16. The molecule has 11 heteroatoms. The normalized spacial score (nSPS) is 10.6. The molecule has 0 spiro atoms. The van der Waals surface area contributed by atoms with Crippen molar-refractivity contribution in [2.75, 3.05) is 10.6 Å². The fourth-order valence-corrected chi connectivity index (χ4v) is 4.53. The third-order valence-corrected chi connectivity index (χ3v) is 6.29. The number of nitrogens with one attached hydrogen (secondary N) is 2. The minimum atomic E-state index is -0.512. The van der Waals surface area contributed by atoms with Crippen LogP contribution in [0.4, 0.5) is 21.6 Å².